The first-order valence-corrected chi connectivity index (χ1v) is 6.75. The molecular weight excluding hydrogens is 265 g/mol. The minimum atomic E-state index is -0.398. The summed E-state index contributed by atoms with van der Waals surface area (Å²) < 4.78 is 15.5. The van der Waals surface area contributed by atoms with Crippen LogP contribution in [0.2, 0.25) is 5.02 Å². The highest BCUT2D eigenvalue weighted by Gasteiger charge is 2.20. The van der Waals surface area contributed by atoms with Crippen LogP contribution in [0.4, 0.5) is 4.39 Å². The average Bonchev–Trinajstić information content (AvgIpc) is 2.88. The third-order valence-corrected chi connectivity index (χ3v) is 3.44. The molecule has 102 valence electrons. The molecule has 0 saturated heterocycles. The Labute approximate surface area is 117 Å². The molecule has 1 aromatic carbocycles. The summed E-state index contributed by atoms with van der Waals surface area (Å²) in [6, 6.07) is 6.65. The number of benzene rings is 1. The van der Waals surface area contributed by atoms with Crippen molar-refractivity contribution in [2.45, 2.75) is 26.4 Å². The van der Waals surface area contributed by atoms with Crippen LogP contribution >= 0.6 is 11.6 Å². The first kappa shape index (κ1) is 14.0. The molecule has 1 N–H and O–H groups in total. The second kappa shape index (κ2) is 6.17. The van der Waals surface area contributed by atoms with Crippen molar-refractivity contribution in [1.82, 2.24) is 15.1 Å². The molecule has 2 aromatic rings. The van der Waals surface area contributed by atoms with E-state index in [9.17, 15) is 4.39 Å². The summed E-state index contributed by atoms with van der Waals surface area (Å²) >= 11 is 6.09. The fraction of sp³-hybridized carbons (Fsp3) is 0.357. The van der Waals surface area contributed by atoms with Crippen LogP contribution in [0.1, 0.15) is 31.1 Å². The van der Waals surface area contributed by atoms with Crippen molar-refractivity contribution in [2.24, 2.45) is 0 Å². The number of aryl methyl sites for hydroxylation is 1. The number of rotatable bonds is 5. The zero-order valence-electron chi connectivity index (χ0n) is 11.0. The van der Waals surface area contributed by atoms with Crippen molar-refractivity contribution in [3.05, 3.63) is 52.6 Å². The fourth-order valence-electron chi connectivity index (χ4n) is 2.17. The molecule has 0 fully saturated rings. The van der Waals surface area contributed by atoms with Gasteiger partial charge in [-0.2, -0.15) is 5.10 Å². The maximum Gasteiger partial charge on any atom is 0.142 e. The lowest BCUT2D eigenvalue weighted by atomic mass is 10.0. The largest absolute Gasteiger partial charge is 0.305 e. The molecule has 0 amide bonds. The van der Waals surface area contributed by atoms with Gasteiger partial charge in [-0.1, -0.05) is 30.7 Å². The summed E-state index contributed by atoms with van der Waals surface area (Å²) in [5, 5.41) is 7.75. The van der Waals surface area contributed by atoms with E-state index >= 15 is 0 Å². The maximum atomic E-state index is 13.6. The normalized spacial score (nSPS) is 12.6. The minimum Gasteiger partial charge on any atom is -0.305 e. The summed E-state index contributed by atoms with van der Waals surface area (Å²) in [5.74, 6) is -0.398. The van der Waals surface area contributed by atoms with Crippen LogP contribution in [-0.2, 0) is 6.54 Å². The predicted octanol–water partition coefficient (Wildman–Crippen LogP) is 3.39. The summed E-state index contributed by atoms with van der Waals surface area (Å²) in [4.78, 5) is 0. The molecule has 1 unspecified atom stereocenters. The molecule has 1 atom stereocenters. The minimum absolute atomic E-state index is 0.157. The van der Waals surface area contributed by atoms with Gasteiger partial charge in [-0.05, 0) is 31.2 Å². The quantitative estimate of drug-likeness (QED) is 0.910. The number of nitrogens with zero attached hydrogens (tertiary/aromatic N) is 2. The highest BCUT2D eigenvalue weighted by molar-refractivity contribution is 6.31. The van der Waals surface area contributed by atoms with E-state index in [4.69, 9.17) is 11.6 Å². The topological polar surface area (TPSA) is 29.9 Å². The van der Waals surface area contributed by atoms with Crippen molar-refractivity contribution in [3.63, 3.8) is 0 Å². The third-order valence-electron chi connectivity index (χ3n) is 3.05. The first-order chi connectivity index (χ1) is 9.19. The number of aromatic nitrogens is 2. The van der Waals surface area contributed by atoms with Gasteiger partial charge in [0.25, 0.3) is 0 Å². The molecule has 0 bridgehead atoms. The third kappa shape index (κ3) is 2.80. The fourth-order valence-corrected chi connectivity index (χ4v) is 2.41. The molecule has 2 rings (SSSR count). The number of nitrogens with one attached hydrogen (secondary N) is 1. The summed E-state index contributed by atoms with van der Waals surface area (Å²) in [6.07, 6.45) is 1.75. The molecule has 0 aliphatic heterocycles. The van der Waals surface area contributed by atoms with Gasteiger partial charge in [-0.25, -0.2) is 4.39 Å². The number of hydrogen-bond acceptors (Lipinski definition) is 2. The van der Waals surface area contributed by atoms with Crippen LogP contribution in [0, 0.1) is 5.82 Å². The van der Waals surface area contributed by atoms with Gasteiger partial charge >= 0.3 is 0 Å². The molecule has 1 aromatic heterocycles. The Morgan fingerprint density at radius 1 is 1.37 bits per heavy atom. The molecular formula is C14H17ClFN3. The van der Waals surface area contributed by atoms with Gasteiger partial charge in [-0.15, -0.1) is 0 Å². The van der Waals surface area contributed by atoms with Crippen molar-refractivity contribution >= 4 is 11.6 Å². The molecule has 3 nitrogen and oxygen atoms in total. The molecule has 0 radical (unpaired) electrons. The Morgan fingerprint density at radius 2 is 2.16 bits per heavy atom. The SMILES string of the molecule is CCNC(c1cccc(F)c1Cl)c1ccnn1CC. The highest BCUT2D eigenvalue weighted by Crippen LogP contribution is 2.30. The second-order valence-corrected chi connectivity index (χ2v) is 4.58. The van der Waals surface area contributed by atoms with Crippen LogP contribution in [0.3, 0.4) is 0 Å². The molecule has 1 heterocycles. The van der Waals surface area contributed by atoms with Gasteiger partial charge in [0, 0.05) is 12.7 Å². The second-order valence-electron chi connectivity index (χ2n) is 4.21. The lowest BCUT2D eigenvalue weighted by Crippen LogP contribution is -2.25. The predicted molar refractivity (Wildman–Crippen MR) is 74.8 cm³/mol. The van der Waals surface area contributed by atoms with Gasteiger partial charge in [0.1, 0.15) is 5.82 Å². The highest BCUT2D eigenvalue weighted by atomic mass is 35.5. The van der Waals surface area contributed by atoms with Crippen LogP contribution in [-0.4, -0.2) is 16.3 Å². The first-order valence-electron chi connectivity index (χ1n) is 6.38. The Hall–Kier alpha value is -1.39. The van der Waals surface area contributed by atoms with Gasteiger partial charge in [0.05, 0.1) is 16.8 Å². The zero-order chi connectivity index (χ0) is 13.8. The summed E-state index contributed by atoms with van der Waals surface area (Å²) in [7, 11) is 0. The van der Waals surface area contributed by atoms with E-state index in [1.165, 1.54) is 6.07 Å². The molecule has 19 heavy (non-hydrogen) atoms. The van der Waals surface area contributed by atoms with E-state index in [1.54, 1.807) is 12.3 Å². The van der Waals surface area contributed by atoms with Crippen LogP contribution in [0.25, 0.3) is 0 Å². The Bertz CT molecular complexity index is 553. The molecule has 5 heteroatoms. The van der Waals surface area contributed by atoms with Crippen molar-refractivity contribution in [3.8, 4) is 0 Å². The van der Waals surface area contributed by atoms with E-state index in [-0.39, 0.29) is 11.1 Å². The Kier molecular flexibility index (Phi) is 4.56. The maximum absolute atomic E-state index is 13.6. The molecule has 0 saturated carbocycles. The van der Waals surface area contributed by atoms with Crippen molar-refractivity contribution in [2.75, 3.05) is 6.54 Å². The van der Waals surface area contributed by atoms with E-state index in [0.29, 0.717) is 0 Å². The van der Waals surface area contributed by atoms with Crippen LogP contribution in [0.5, 0.6) is 0 Å². The molecule has 0 aliphatic carbocycles. The van der Waals surface area contributed by atoms with Crippen LogP contribution < -0.4 is 5.32 Å². The number of hydrogen-bond donors (Lipinski definition) is 1. The summed E-state index contributed by atoms with van der Waals surface area (Å²) in [6.45, 7) is 5.54. The lowest BCUT2D eigenvalue weighted by Gasteiger charge is -2.20. The van der Waals surface area contributed by atoms with E-state index in [2.05, 4.69) is 10.4 Å². The van der Waals surface area contributed by atoms with E-state index in [0.717, 1.165) is 24.3 Å². The molecule has 0 spiro atoms. The summed E-state index contributed by atoms with van der Waals surface area (Å²) in [5.41, 5.74) is 1.72. The van der Waals surface area contributed by atoms with Crippen LogP contribution in [0.15, 0.2) is 30.5 Å². The smallest absolute Gasteiger partial charge is 0.142 e. The van der Waals surface area contributed by atoms with E-state index in [1.807, 2.05) is 30.7 Å². The zero-order valence-corrected chi connectivity index (χ0v) is 11.8. The van der Waals surface area contributed by atoms with Crippen molar-refractivity contribution < 1.29 is 4.39 Å². The lowest BCUT2D eigenvalue weighted by molar-refractivity contribution is 0.538. The van der Waals surface area contributed by atoms with Gasteiger partial charge < -0.3 is 5.32 Å². The monoisotopic (exact) mass is 281 g/mol. The van der Waals surface area contributed by atoms with Crippen molar-refractivity contribution in [1.29, 1.82) is 0 Å². The van der Waals surface area contributed by atoms with E-state index < -0.39 is 5.82 Å². The Morgan fingerprint density at radius 3 is 2.84 bits per heavy atom. The average molecular weight is 282 g/mol. The van der Waals surface area contributed by atoms with Gasteiger partial charge in [0.15, 0.2) is 0 Å². The molecule has 0 aliphatic rings. The van der Waals surface area contributed by atoms with Gasteiger partial charge in [0.2, 0.25) is 0 Å². The number of halogens is 2. The standard InChI is InChI=1S/C14H17ClFN3/c1-3-17-14(12-8-9-18-19(12)4-2)10-6-5-7-11(16)13(10)15/h5-9,14,17H,3-4H2,1-2H3. The Balaban J connectivity index is 2.48. The van der Waals surface area contributed by atoms with Gasteiger partial charge in [-0.3, -0.25) is 4.68 Å².